The average molecular weight is 447 g/mol. The Morgan fingerprint density at radius 2 is 2.14 bits per heavy atom. The molecule has 0 unspecified atom stereocenters. The molecule has 10 heteroatoms. The molecule has 1 N–H and O–H groups in total. The molecule has 0 spiro atoms. The molecule has 0 saturated heterocycles. The van der Waals surface area contributed by atoms with E-state index in [0.717, 1.165) is 34.2 Å². The summed E-state index contributed by atoms with van der Waals surface area (Å²) in [5.74, 6) is 2.45. The fraction of sp³-hybridized carbons (Fsp3) is 0.389. The Hall–Kier alpha value is -1.84. The number of sulfonamides is 1. The first-order valence-corrected chi connectivity index (χ1v) is 11.9. The number of hydrogen-bond donors (Lipinski definition) is 1. The molecule has 0 radical (unpaired) electrons. The fourth-order valence-electron chi connectivity index (χ4n) is 2.39. The van der Waals surface area contributed by atoms with E-state index in [4.69, 9.17) is 20.8 Å². The van der Waals surface area contributed by atoms with Crippen LogP contribution in [0.4, 0.5) is 5.69 Å². The molecule has 0 aliphatic carbocycles. The monoisotopic (exact) mass is 446 g/mol. The Labute approximate surface area is 174 Å². The zero-order valence-electron chi connectivity index (χ0n) is 15.7. The summed E-state index contributed by atoms with van der Waals surface area (Å²) >= 11 is 7.69. The van der Waals surface area contributed by atoms with Crippen molar-refractivity contribution in [1.82, 2.24) is 5.32 Å². The molecule has 0 bridgehead atoms. The maximum atomic E-state index is 12.3. The Morgan fingerprint density at radius 3 is 2.79 bits per heavy atom. The highest BCUT2D eigenvalue weighted by molar-refractivity contribution is 7.98. The molecular formula is C18H23ClN2O5S2. The van der Waals surface area contributed by atoms with Crippen molar-refractivity contribution in [3.8, 4) is 5.75 Å². The van der Waals surface area contributed by atoms with Crippen LogP contribution in [0.3, 0.4) is 0 Å². The van der Waals surface area contributed by atoms with Crippen LogP contribution in [0, 0.1) is 0 Å². The highest BCUT2D eigenvalue weighted by atomic mass is 35.5. The Bertz CT molecular complexity index is 872. The summed E-state index contributed by atoms with van der Waals surface area (Å²) in [6.45, 7) is 0.101. The van der Waals surface area contributed by atoms with Crippen molar-refractivity contribution < 1.29 is 22.4 Å². The first-order chi connectivity index (χ1) is 13.3. The van der Waals surface area contributed by atoms with Crippen molar-refractivity contribution in [3.63, 3.8) is 0 Å². The number of amides is 1. The SMILES string of the molecule is COc1ccc(Cl)cc1N(CC(=O)NCCCSCc1ccco1)S(C)(=O)=O. The van der Waals surface area contributed by atoms with Crippen LogP contribution < -0.4 is 14.4 Å². The molecule has 2 rings (SSSR count). The maximum Gasteiger partial charge on any atom is 0.240 e. The largest absolute Gasteiger partial charge is 0.495 e. The summed E-state index contributed by atoms with van der Waals surface area (Å²) in [7, 11) is -2.28. The summed E-state index contributed by atoms with van der Waals surface area (Å²) in [5, 5.41) is 3.09. The molecular weight excluding hydrogens is 424 g/mol. The van der Waals surface area contributed by atoms with Crippen LogP contribution in [0.15, 0.2) is 41.0 Å². The number of rotatable bonds is 11. The minimum Gasteiger partial charge on any atom is -0.495 e. The van der Waals surface area contributed by atoms with Crippen LogP contribution in [0.2, 0.25) is 5.02 Å². The number of thioether (sulfide) groups is 1. The second kappa shape index (κ2) is 10.6. The first-order valence-electron chi connectivity index (χ1n) is 8.49. The first kappa shape index (κ1) is 22.4. The van der Waals surface area contributed by atoms with Crippen molar-refractivity contribution >= 4 is 45.0 Å². The normalized spacial score (nSPS) is 11.2. The number of nitrogens with zero attached hydrogens (tertiary/aromatic N) is 1. The summed E-state index contributed by atoms with van der Waals surface area (Å²) in [6.07, 6.45) is 3.43. The van der Waals surface area contributed by atoms with Gasteiger partial charge in [0.05, 0.1) is 31.1 Å². The number of ether oxygens (including phenoxy) is 1. The van der Waals surface area contributed by atoms with E-state index >= 15 is 0 Å². The molecule has 1 aromatic heterocycles. The van der Waals surface area contributed by atoms with Crippen molar-refractivity contribution in [2.45, 2.75) is 12.2 Å². The van der Waals surface area contributed by atoms with E-state index in [-0.39, 0.29) is 12.2 Å². The van der Waals surface area contributed by atoms with Gasteiger partial charge in [0.2, 0.25) is 15.9 Å². The predicted molar refractivity (Wildman–Crippen MR) is 113 cm³/mol. The smallest absolute Gasteiger partial charge is 0.240 e. The van der Waals surface area contributed by atoms with Crippen LogP contribution >= 0.6 is 23.4 Å². The molecule has 154 valence electrons. The zero-order valence-corrected chi connectivity index (χ0v) is 18.1. The van der Waals surface area contributed by atoms with Crippen LogP contribution in [0.5, 0.6) is 5.75 Å². The van der Waals surface area contributed by atoms with Gasteiger partial charge >= 0.3 is 0 Å². The second-order valence-electron chi connectivity index (χ2n) is 5.92. The van der Waals surface area contributed by atoms with Gasteiger partial charge in [-0.05, 0) is 42.5 Å². The molecule has 0 saturated carbocycles. The maximum absolute atomic E-state index is 12.3. The quantitative estimate of drug-likeness (QED) is 0.533. The van der Waals surface area contributed by atoms with Crippen LogP contribution in [-0.4, -0.2) is 46.5 Å². The molecule has 1 amide bonds. The van der Waals surface area contributed by atoms with Gasteiger partial charge in [0, 0.05) is 11.6 Å². The average Bonchev–Trinajstić information content (AvgIpc) is 3.15. The minimum atomic E-state index is -3.71. The third kappa shape index (κ3) is 6.96. The fourth-order valence-corrected chi connectivity index (χ4v) is 4.27. The number of nitrogens with one attached hydrogen (secondary N) is 1. The van der Waals surface area contributed by atoms with Crippen molar-refractivity contribution in [2.75, 3.05) is 36.5 Å². The highest BCUT2D eigenvalue weighted by Gasteiger charge is 2.24. The minimum absolute atomic E-state index is 0.224. The van der Waals surface area contributed by atoms with Crippen LogP contribution in [-0.2, 0) is 20.6 Å². The van der Waals surface area contributed by atoms with Gasteiger partial charge in [-0.1, -0.05) is 11.6 Å². The zero-order chi connectivity index (χ0) is 20.6. The molecule has 1 aromatic carbocycles. The van der Waals surface area contributed by atoms with Gasteiger partial charge in [-0.25, -0.2) is 8.42 Å². The van der Waals surface area contributed by atoms with Crippen molar-refractivity contribution in [1.29, 1.82) is 0 Å². The van der Waals surface area contributed by atoms with Crippen LogP contribution in [0.25, 0.3) is 0 Å². The summed E-state index contributed by atoms with van der Waals surface area (Å²) in [4.78, 5) is 12.3. The van der Waals surface area contributed by atoms with Crippen molar-refractivity contribution in [3.05, 3.63) is 47.4 Å². The Kier molecular flexibility index (Phi) is 8.53. The van der Waals surface area contributed by atoms with E-state index in [1.165, 1.54) is 13.2 Å². The van der Waals surface area contributed by atoms with E-state index in [1.54, 1.807) is 30.2 Å². The van der Waals surface area contributed by atoms with E-state index < -0.39 is 15.9 Å². The van der Waals surface area contributed by atoms with Gasteiger partial charge in [-0.3, -0.25) is 9.10 Å². The molecule has 0 aliphatic heterocycles. The molecule has 0 atom stereocenters. The molecule has 1 heterocycles. The van der Waals surface area contributed by atoms with E-state index in [9.17, 15) is 13.2 Å². The molecule has 28 heavy (non-hydrogen) atoms. The lowest BCUT2D eigenvalue weighted by Gasteiger charge is -2.24. The standard InChI is InChI=1S/C18H23ClN2O5S2/c1-25-17-7-6-14(19)11-16(17)21(28(2,23)24)12-18(22)20-8-4-10-27-13-15-5-3-9-26-15/h3,5-7,9,11H,4,8,10,12-13H2,1-2H3,(H,20,22). The van der Waals surface area contributed by atoms with Gasteiger partial charge in [0.25, 0.3) is 0 Å². The highest BCUT2D eigenvalue weighted by Crippen LogP contribution is 2.32. The number of anilines is 1. The molecule has 0 fully saturated rings. The van der Waals surface area contributed by atoms with E-state index in [2.05, 4.69) is 5.32 Å². The lowest BCUT2D eigenvalue weighted by atomic mass is 10.3. The lowest BCUT2D eigenvalue weighted by molar-refractivity contribution is -0.119. The van der Waals surface area contributed by atoms with Crippen LogP contribution in [0.1, 0.15) is 12.2 Å². The van der Waals surface area contributed by atoms with Crippen molar-refractivity contribution in [2.24, 2.45) is 0 Å². The third-order valence-corrected chi connectivity index (χ3v) is 6.14. The number of benzene rings is 1. The number of furan rings is 1. The summed E-state index contributed by atoms with van der Waals surface area (Å²) < 4.78 is 35.9. The van der Waals surface area contributed by atoms with Gasteiger partial charge in [-0.2, -0.15) is 11.8 Å². The number of hydrogen-bond acceptors (Lipinski definition) is 6. The molecule has 2 aromatic rings. The number of carbonyl (C=O) groups excluding carboxylic acids is 1. The van der Waals surface area contributed by atoms with E-state index in [0.29, 0.717) is 17.3 Å². The summed E-state index contributed by atoms with van der Waals surface area (Å²) in [5.41, 5.74) is 0.224. The topological polar surface area (TPSA) is 88.8 Å². The Balaban J connectivity index is 1.87. The number of carbonyl (C=O) groups is 1. The summed E-state index contributed by atoms with van der Waals surface area (Å²) in [6, 6.07) is 8.37. The van der Waals surface area contributed by atoms with Gasteiger partial charge in [0.15, 0.2) is 0 Å². The number of halogens is 1. The van der Waals surface area contributed by atoms with Gasteiger partial charge in [-0.15, -0.1) is 0 Å². The molecule has 7 nitrogen and oxygen atoms in total. The molecule has 0 aliphatic rings. The second-order valence-corrected chi connectivity index (χ2v) is 9.37. The number of methoxy groups -OCH3 is 1. The van der Waals surface area contributed by atoms with Gasteiger partial charge in [0.1, 0.15) is 18.1 Å². The van der Waals surface area contributed by atoms with Gasteiger partial charge < -0.3 is 14.5 Å². The predicted octanol–water partition coefficient (Wildman–Crippen LogP) is 3.15. The van der Waals surface area contributed by atoms with E-state index in [1.807, 2.05) is 12.1 Å². The Morgan fingerprint density at radius 1 is 1.36 bits per heavy atom. The third-order valence-electron chi connectivity index (χ3n) is 3.71. The lowest BCUT2D eigenvalue weighted by Crippen LogP contribution is -2.40.